The lowest BCUT2D eigenvalue weighted by atomic mass is 10.3. The topological polar surface area (TPSA) is 120 Å². The van der Waals surface area contributed by atoms with Gasteiger partial charge in [-0.1, -0.05) is 13.3 Å². The van der Waals surface area contributed by atoms with Gasteiger partial charge in [0.1, 0.15) is 11.7 Å². The van der Waals surface area contributed by atoms with Gasteiger partial charge < -0.3 is 20.2 Å². The molecule has 3 heterocycles. The van der Waals surface area contributed by atoms with Crippen LogP contribution in [-0.2, 0) is 11.3 Å². The molecule has 0 amide bonds. The molecule has 4 N–H and O–H groups in total. The van der Waals surface area contributed by atoms with Gasteiger partial charge in [-0.05, 0) is 32.2 Å². The second-order valence-electron chi connectivity index (χ2n) is 6.18. The number of H-pyrrole nitrogens is 1. The number of hydrogen-bond donors (Lipinski definition) is 3. The third-order valence-corrected chi connectivity index (χ3v) is 4.22. The molecule has 1 aliphatic heterocycles. The van der Waals surface area contributed by atoms with Crippen molar-refractivity contribution in [1.29, 1.82) is 0 Å². The zero-order valence-electron chi connectivity index (χ0n) is 14.6. The molecule has 0 spiro atoms. The fourth-order valence-electron chi connectivity index (χ4n) is 2.85. The summed E-state index contributed by atoms with van der Waals surface area (Å²) in [5.74, 6) is 0.227. The Bertz CT molecular complexity index is 750. The first-order valence-corrected chi connectivity index (χ1v) is 8.93. The molecule has 1 aliphatic rings. The van der Waals surface area contributed by atoms with Crippen molar-refractivity contribution in [2.75, 3.05) is 25.5 Å². The van der Waals surface area contributed by atoms with Crippen molar-refractivity contribution in [3.8, 4) is 6.01 Å². The van der Waals surface area contributed by atoms with E-state index in [2.05, 4.69) is 27.2 Å². The first-order chi connectivity index (χ1) is 12.2. The van der Waals surface area contributed by atoms with E-state index in [1.807, 2.05) is 0 Å². The van der Waals surface area contributed by atoms with Crippen LogP contribution in [-0.4, -0.2) is 45.5 Å². The molecule has 0 unspecified atom stereocenters. The van der Waals surface area contributed by atoms with Crippen molar-refractivity contribution in [1.82, 2.24) is 24.8 Å². The Morgan fingerprint density at radius 3 is 3.08 bits per heavy atom. The molecule has 0 aliphatic carbocycles. The fraction of sp³-hybridized carbons (Fsp3) is 0.688. The van der Waals surface area contributed by atoms with Crippen LogP contribution in [0.15, 0.2) is 4.79 Å². The van der Waals surface area contributed by atoms with Crippen LogP contribution < -0.4 is 21.5 Å². The van der Waals surface area contributed by atoms with Crippen LogP contribution in [0.2, 0.25) is 0 Å². The van der Waals surface area contributed by atoms with Crippen molar-refractivity contribution in [2.24, 2.45) is 0 Å². The minimum Gasteiger partial charge on any atom is -0.463 e. The van der Waals surface area contributed by atoms with E-state index in [0.29, 0.717) is 24.3 Å². The minimum absolute atomic E-state index is 0.135. The van der Waals surface area contributed by atoms with Gasteiger partial charge in [0.05, 0.1) is 6.61 Å². The number of nitrogens with one attached hydrogen (secondary N) is 2. The third-order valence-electron chi connectivity index (χ3n) is 4.22. The third kappa shape index (κ3) is 4.29. The molecule has 1 atom stereocenters. The zero-order valence-corrected chi connectivity index (χ0v) is 14.6. The molecule has 0 saturated carbocycles. The summed E-state index contributed by atoms with van der Waals surface area (Å²) in [5, 5.41) is 3.34. The van der Waals surface area contributed by atoms with Crippen molar-refractivity contribution < 1.29 is 9.47 Å². The number of imidazole rings is 1. The molecule has 2 aromatic heterocycles. The maximum Gasteiger partial charge on any atom is 0.327 e. The largest absolute Gasteiger partial charge is 0.463 e. The number of nitrogen functional groups attached to an aromatic ring is 1. The number of nitrogens with two attached hydrogens (primary N) is 1. The Kier molecular flexibility index (Phi) is 5.87. The summed E-state index contributed by atoms with van der Waals surface area (Å²) in [4.78, 5) is 23.4. The molecule has 9 nitrogen and oxygen atoms in total. The first-order valence-electron chi connectivity index (χ1n) is 8.93. The maximum absolute atomic E-state index is 12.2. The summed E-state index contributed by atoms with van der Waals surface area (Å²) >= 11 is 0. The lowest BCUT2D eigenvalue weighted by Crippen LogP contribution is -2.30. The summed E-state index contributed by atoms with van der Waals surface area (Å²) in [5.41, 5.74) is 6.65. The Balaban J connectivity index is 1.67. The zero-order chi connectivity index (χ0) is 17.6. The van der Waals surface area contributed by atoms with E-state index < -0.39 is 0 Å². The fourth-order valence-corrected chi connectivity index (χ4v) is 2.85. The molecule has 0 bridgehead atoms. The van der Waals surface area contributed by atoms with Gasteiger partial charge in [0.25, 0.3) is 0 Å². The lowest BCUT2D eigenvalue weighted by molar-refractivity contribution is 0.0839. The SMILES string of the molecule is CCCCOc1nc(N)c2[nH]c(=O)n(CCCN[C@@H]3CCCO3)c2n1. The molecule has 2 aromatic rings. The number of fused-ring (bicyclic) bond motifs is 1. The molecule has 25 heavy (non-hydrogen) atoms. The average molecular weight is 350 g/mol. The van der Waals surface area contributed by atoms with Crippen molar-refractivity contribution in [2.45, 2.75) is 51.8 Å². The van der Waals surface area contributed by atoms with E-state index >= 15 is 0 Å². The highest BCUT2D eigenvalue weighted by Crippen LogP contribution is 2.18. The van der Waals surface area contributed by atoms with Gasteiger partial charge in [-0.15, -0.1) is 0 Å². The normalized spacial score (nSPS) is 17.4. The van der Waals surface area contributed by atoms with Crippen LogP contribution in [0, 0.1) is 0 Å². The summed E-state index contributed by atoms with van der Waals surface area (Å²) in [6, 6.07) is 0.212. The molecule has 1 saturated heterocycles. The van der Waals surface area contributed by atoms with E-state index in [1.54, 1.807) is 4.57 Å². The number of hydrogen-bond acceptors (Lipinski definition) is 7. The quantitative estimate of drug-likeness (QED) is 0.577. The molecule has 9 heteroatoms. The molecule has 138 valence electrons. The summed E-state index contributed by atoms with van der Waals surface area (Å²) in [6.07, 6.45) is 4.98. The van der Waals surface area contributed by atoms with Crippen LogP contribution in [0.1, 0.15) is 39.0 Å². The van der Waals surface area contributed by atoms with Crippen LogP contribution in [0.25, 0.3) is 11.2 Å². The predicted molar refractivity (Wildman–Crippen MR) is 94.6 cm³/mol. The smallest absolute Gasteiger partial charge is 0.327 e. The number of anilines is 1. The van der Waals surface area contributed by atoms with E-state index in [-0.39, 0.29) is 23.7 Å². The maximum atomic E-state index is 12.2. The summed E-state index contributed by atoms with van der Waals surface area (Å²) in [6.45, 7) is 4.72. The van der Waals surface area contributed by atoms with Crippen LogP contribution in [0.5, 0.6) is 6.01 Å². The number of rotatable bonds is 9. The van der Waals surface area contributed by atoms with Gasteiger partial charge in [0.2, 0.25) is 0 Å². The lowest BCUT2D eigenvalue weighted by Gasteiger charge is -2.11. The molecule has 0 radical (unpaired) electrons. The van der Waals surface area contributed by atoms with Gasteiger partial charge in [-0.3, -0.25) is 9.88 Å². The first kappa shape index (κ1) is 17.7. The van der Waals surface area contributed by atoms with Crippen molar-refractivity contribution >= 4 is 17.0 Å². The van der Waals surface area contributed by atoms with Gasteiger partial charge in [-0.2, -0.15) is 9.97 Å². The number of unbranched alkanes of at least 4 members (excludes halogenated alkanes) is 1. The van der Waals surface area contributed by atoms with E-state index in [1.165, 1.54) is 0 Å². The molecule has 3 rings (SSSR count). The molecular weight excluding hydrogens is 324 g/mol. The average Bonchev–Trinajstić information content (AvgIpc) is 3.21. The van der Waals surface area contributed by atoms with Crippen LogP contribution >= 0.6 is 0 Å². The van der Waals surface area contributed by atoms with Crippen LogP contribution in [0.3, 0.4) is 0 Å². The standard InChI is InChI=1S/C16H26N6O3/c1-2-3-9-25-15-20-13(17)12-14(21-15)22(16(23)19-12)8-5-7-18-11-6-4-10-24-11/h11,18H,2-10H2,1H3,(H,19,23)(H2,17,20,21)/t11-/m0/s1. The second kappa shape index (κ2) is 8.30. The second-order valence-corrected chi connectivity index (χ2v) is 6.18. The monoisotopic (exact) mass is 350 g/mol. The number of ether oxygens (including phenoxy) is 2. The van der Waals surface area contributed by atoms with E-state index in [4.69, 9.17) is 15.2 Å². The summed E-state index contributed by atoms with van der Waals surface area (Å²) in [7, 11) is 0. The molecule has 1 fully saturated rings. The van der Waals surface area contributed by atoms with Crippen molar-refractivity contribution in [3.63, 3.8) is 0 Å². The molecule has 0 aromatic carbocycles. The Hall–Kier alpha value is -2.13. The Morgan fingerprint density at radius 1 is 1.44 bits per heavy atom. The highest BCUT2D eigenvalue weighted by atomic mass is 16.5. The Labute approximate surface area is 145 Å². The van der Waals surface area contributed by atoms with Gasteiger partial charge in [-0.25, -0.2) is 4.79 Å². The Morgan fingerprint density at radius 2 is 2.32 bits per heavy atom. The number of aryl methyl sites for hydroxylation is 1. The highest BCUT2D eigenvalue weighted by molar-refractivity contribution is 5.81. The molecular formula is C16H26N6O3. The van der Waals surface area contributed by atoms with E-state index in [9.17, 15) is 4.79 Å². The highest BCUT2D eigenvalue weighted by Gasteiger charge is 2.16. The number of nitrogens with zero attached hydrogens (tertiary/aromatic N) is 3. The van der Waals surface area contributed by atoms with Gasteiger partial charge >= 0.3 is 11.7 Å². The van der Waals surface area contributed by atoms with E-state index in [0.717, 1.165) is 45.3 Å². The van der Waals surface area contributed by atoms with Gasteiger partial charge in [0, 0.05) is 13.2 Å². The minimum atomic E-state index is -0.237. The van der Waals surface area contributed by atoms with Gasteiger partial charge in [0.15, 0.2) is 11.5 Å². The van der Waals surface area contributed by atoms with Crippen LogP contribution in [0.4, 0.5) is 5.82 Å². The number of aromatic amines is 1. The summed E-state index contributed by atoms with van der Waals surface area (Å²) < 4.78 is 12.6. The number of aromatic nitrogens is 4. The van der Waals surface area contributed by atoms with Crippen molar-refractivity contribution in [3.05, 3.63) is 10.5 Å². The predicted octanol–water partition coefficient (Wildman–Crippen LogP) is 0.997.